The summed E-state index contributed by atoms with van der Waals surface area (Å²) >= 11 is 0. The first-order valence-corrected chi connectivity index (χ1v) is 5.98. The van der Waals surface area contributed by atoms with Crippen LogP contribution in [-0.2, 0) is 16.4 Å². The fraction of sp³-hybridized carbons (Fsp3) is 0.333. The average molecular weight is 215 g/mol. The summed E-state index contributed by atoms with van der Waals surface area (Å²) < 4.78 is 22.4. The number of hydrogen-bond acceptors (Lipinski definition) is 4. The molecule has 1 aromatic carbocycles. The van der Waals surface area contributed by atoms with E-state index in [-0.39, 0.29) is 4.90 Å². The van der Waals surface area contributed by atoms with Gasteiger partial charge in [-0.25, -0.2) is 8.42 Å². The normalized spacial score (nSPS) is 12.0. The Kier molecular flexibility index (Phi) is 3.25. The Balaban J connectivity index is 3.02. The van der Waals surface area contributed by atoms with E-state index >= 15 is 0 Å². The lowest BCUT2D eigenvalue weighted by molar-refractivity contribution is -0.0732. The molecule has 1 N–H and O–H groups in total. The molecular formula is C9H13NO3S. The molecule has 1 aromatic rings. The van der Waals surface area contributed by atoms with Crippen molar-refractivity contribution in [2.24, 2.45) is 0 Å². The van der Waals surface area contributed by atoms with E-state index in [0.717, 1.165) is 16.9 Å². The summed E-state index contributed by atoms with van der Waals surface area (Å²) in [5.74, 6) is 0. The summed E-state index contributed by atoms with van der Waals surface area (Å²) in [7, 11) is -1.65. The molecule has 0 saturated carbocycles. The van der Waals surface area contributed by atoms with Crippen LogP contribution in [0.15, 0.2) is 29.2 Å². The molecule has 1 rings (SSSR count). The molecule has 14 heavy (non-hydrogen) atoms. The largest absolute Gasteiger partial charge is 0.314 e. The van der Waals surface area contributed by atoms with Crippen molar-refractivity contribution in [2.45, 2.75) is 11.4 Å². The van der Waals surface area contributed by atoms with Gasteiger partial charge in [-0.1, -0.05) is 12.1 Å². The zero-order valence-electron chi connectivity index (χ0n) is 8.14. The third-order valence-electron chi connectivity index (χ3n) is 1.74. The minimum Gasteiger partial charge on any atom is -0.314 e. The highest BCUT2D eigenvalue weighted by Crippen LogP contribution is 2.11. The van der Waals surface area contributed by atoms with Gasteiger partial charge in [0.15, 0.2) is 9.84 Å². The van der Waals surface area contributed by atoms with Gasteiger partial charge in [0.2, 0.25) is 0 Å². The van der Waals surface area contributed by atoms with Crippen LogP contribution >= 0.6 is 0 Å². The highest BCUT2D eigenvalue weighted by atomic mass is 32.2. The molecule has 0 spiro atoms. The third-order valence-corrected chi connectivity index (χ3v) is 2.85. The maximum Gasteiger partial charge on any atom is 0.175 e. The predicted molar refractivity (Wildman–Crippen MR) is 52.8 cm³/mol. The van der Waals surface area contributed by atoms with Gasteiger partial charge < -0.3 is 5.21 Å². The molecule has 0 heterocycles. The standard InChI is InChI=1S/C9H13NO3S/c1-10(11)7-8-4-3-5-9(6-8)14(2,12)13/h3-6,11H,7H2,1-2H3. The monoisotopic (exact) mass is 215 g/mol. The minimum absolute atomic E-state index is 0.275. The van der Waals surface area contributed by atoms with Crippen LogP contribution in [0.2, 0.25) is 0 Å². The molecule has 0 unspecified atom stereocenters. The summed E-state index contributed by atoms with van der Waals surface area (Å²) in [5, 5.41) is 9.98. The maximum absolute atomic E-state index is 11.2. The Morgan fingerprint density at radius 2 is 2.07 bits per heavy atom. The van der Waals surface area contributed by atoms with Gasteiger partial charge in [-0.05, 0) is 17.7 Å². The topological polar surface area (TPSA) is 57.6 Å². The molecule has 78 valence electrons. The van der Waals surface area contributed by atoms with Crippen LogP contribution in [-0.4, -0.2) is 32.0 Å². The van der Waals surface area contributed by atoms with E-state index in [1.165, 1.54) is 13.1 Å². The second-order valence-corrected chi connectivity index (χ2v) is 5.25. The lowest BCUT2D eigenvalue weighted by Gasteiger charge is -2.08. The number of rotatable bonds is 3. The van der Waals surface area contributed by atoms with Gasteiger partial charge in [0.1, 0.15) is 0 Å². The summed E-state index contributed by atoms with van der Waals surface area (Å²) in [5.41, 5.74) is 0.762. The Morgan fingerprint density at radius 1 is 1.43 bits per heavy atom. The van der Waals surface area contributed by atoms with Crippen molar-refractivity contribution in [3.05, 3.63) is 29.8 Å². The van der Waals surface area contributed by atoms with Crippen molar-refractivity contribution in [1.82, 2.24) is 5.06 Å². The van der Waals surface area contributed by atoms with Gasteiger partial charge in [0.05, 0.1) is 4.90 Å². The van der Waals surface area contributed by atoms with E-state index in [9.17, 15) is 8.42 Å². The maximum atomic E-state index is 11.2. The fourth-order valence-corrected chi connectivity index (χ4v) is 1.83. The van der Waals surface area contributed by atoms with Gasteiger partial charge >= 0.3 is 0 Å². The number of sulfone groups is 1. The van der Waals surface area contributed by atoms with Crippen LogP contribution in [0.5, 0.6) is 0 Å². The predicted octanol–water partition coefficient (Wildman–Crippen LogP) is 0.911. The molecule has 0 aliphatic heterocycles. The molecule has 0 radical (unpaired) electrons. The van der Waals surface area contributed by atoms with Crippen LogP contribution in [0.4, 0.5) is 0 Å². The molecule has 0 aliphatic rings. The Morgan fingerprint density at radius 3 is 2.57 bits per heavy atom. The molecule has 0 amide bonds. The quantitative estimate of drug-likeness (QED) is 0.761. The Bertz CT molecular complexity index is 412. The van der Waals surface area contributed by atoms with Gasteiger partial charge in [0.25, 0.3) is 0 Å². The zero-order valence-corrected chi connectivity index (χ0v) is 8.95. The van der Waals surface area contributed by atoms with Gasteiger partial charge in [-0.3, -0.25) is 0 Å². The number of nitrogens with zero attached hydrogens (tertiary/aromatic N) is 1. The first-order chi connectivity index (χ1) is 6.39. The summed E-state index contributed by atoms with van der Waals surface area (Å²) in [6.45, 7) is 0.309. The van der Waals surface area contributed by atoms with Gasteiger partial charge in [-0.2, -0.15) is 5.06 Å². The van der Waals surface area contributed by atoms with Crippen LogP contribution < -0.4 is 0 Å². The van der Waals surface area contributed by atoms with E-state index < -0.39 is 9.84 Å². The van der Waals surface area contributed by atoms with Crippen LogP contribution in [0.3, 0.4) is 0 Å². The average Bonchev–Trinajstić information content (AvgIpc) is 2.01. The Labute approximate surface area is 83.7 Å². The second kappa shape index (κ2) is 4.08. The van der Waals surface area contributed by atoms with Crippen molar-refractivity contribution in [3.8, 4) is 0 Å². The van der Waals surface area contributed by atoms with E-state index in [4.69, 9.17) is 5.21 Å². The summed E-state index contributed by atoms with van der Waals surface area (Å²) in [6, 6.07) is 6.52. The molecular weight excluding hydrogens is 202 g/mol. The summed E-state index contributed by atoms with van der Waals surface area (Å²) in [4.78, 5) is 0.275. The molecule has 0 atom stereocenters. The van der Waals surface area contributed by atoms with Crippen molar-refractivity contribution in [1.29, 1.82) is 0 Å². The highest BCUT2D eigenvalue weighted by molar-refractivity contribution is 7.90. The van der Waals surface area contributed by atoms with Gasteiger partial charge in [-0.15, -0.1) is 0 Å². The smallest absolute Gasteiger partial charge is 0.175 e. The molecule has 0 saturated heterocycles. The molecule has 5 heteroatoms. The Hall–Kier alpha value is -0.910. The van der Waals surface area contributed by atoms with Crippen LogP contribution in [0.1, 0.15) is 5.56 Å². The molecule has 4 nitrogen and oxygen atoms in total. The highest BCUT2D eigenvalue weighted by Gasteiger charge is 2.07. The lowest BCUT2D eigenvalue weighted by atomic mass is 10.2. The van der Waals surface area contributed by atoms with Crippen molar-refractivity contribution >= 4 is 9.84 Å². The minimum atomic E-state index is -3.16. The molecule has 0 aliphatic carbocycles. The number of benzene rings is 1. The zero-order chi connectivity index (χ0) is 10.8. The van der Waals surface area contributed by atoms with E-state index in [1.807, 2.05) is 0 Å². The van der Waals surface area contributed by atoms with E-state index in [1.54, 1.807) is 18.2 Å². The molecule has 0 aromatic heterocycles. The molecule has 0 bridgehead atoms. The van der Waals surface area contributed by atoms with Gasteiger partial charge in [0, 0.05) is 19.8 Å². The number of hydroxylamine groups is 2. The first-order valence-electron chi connectivity index (χ1n) is 4.08. The van der Waals surface area contributed by atoms with Crippen molar-refractivity contribution < 1.29 is 13.6 Å². The second-order valence-electron chi connectivity index (χ2n) is 3.24. The third kappa shape index (κ3) is 3.10. The molecule has 0 fully saturated rings. The lowest BCUT2D eigenvalue weighted by Crippen LogP contribution is -2.12. The summed E-state index contributed by atoms with van der Waals surface area (Å²) in [6.07, 6.45) is 1.16. The van der Waals surface area contributed by atoms with Crippen LogP contribution in [0, 0.1) is 0 Å². The fourth-order valence-electron chi connectivity index (χ4n) is 1.14. The first kappa shape index (κ1) is 11.2. The van der Waals surface area contributed by atoms with Crippen molar-refractivity contribution in [3.63, 3.8) is 0 Å². The van der Waals surface area contributed by atoms with E-state index in [0.29, 0.717) is 6.54 Å². The van der Waals surface area contributed by atoms with Crippen LogP contribution in [0.25, 0.3) is 0 Å². The van der Waals surface area contributed by atoms with Crippen molar-refractivity contribution in [2.75, 3.05) is 13.3 Å². The SMILES string of the molecule is CN(O)Cc1cccc(S(C)(=O)=O)c1. The number of hydrogen-bond donors (Lipinski definition) is 1. The van der Waals surface area contributed by atoms with E-state index in [2.05, 4.69) is 0 Å².